The highest BCUT2D eigenvalue weighted by Crippen LogP contribution is 2.27. The second kappa shape index (κ2) is 4.96. The molecule has 1 unspecified atom stereocenters. The van der Waals surface area contributed by atoms with Crippen molar-refractivity contribution in [2.75, 3.05) is 5.73 Å². The summed E-state index contributed by atoms with van der Waals surface area (Å²) in [5.74, 6) is 0. The van der Waals surface area contributed by atoms with E-state index in [1.807, 2.05) is 0 Å². The standard InChI is InChI=1S/C13H11Cl2NO/c14-10-4-1-8(2-5-10)13(17)9-3-6-11(15)12(16)7-9/h1-7,13,17H,16H2. The van der Waals surface area contributed by atoms with Crippen LogP contribution in [0.2, 0.25) is 10.0 Å². The van der Waals surface area contributed by atoms with Gasteiger partial charge >= 0.3 is 0 Å². The zero-order valence-electron chi connectivity index (χ0n) is 8.90. The zero-order valence-corrected chi connectivity index (χ0v) is 10.4. The van der Waals surface area contributed by atoms with Crippen LogP contribution >= 0.6 is 23.2 Å². The lowest BCUT2D eigenvalue weighted by atomic mass is 10.0. The minimum Gasteiger partial charge on any atom is -0.398 e. The van der Waals surface area contributed by atoms with E-state index in [0.29, 0.717) is 21.3 Å². The summed E-state index contributed by atoms with van der Waals surface area (Å²) in [6.07, 6.45) is -0.730. The molecule has 0 radical (unpaired) electrons. The SMILES string of the molecule is Nc1cc(C(O)c2ccc(Cl)cc2)ccc1Cl. The van der Waals surface area contributed by atoms with E-state index in [0.717, 1.165) is 5.56 Å². The van der Waals surface area contributed by atoms with Crippen LogP contribution in [-0.2, 0) is 0 Å². The maximum atomic E-state index is 10.2. The average molecular weight is 268 g/mol. The highest BCUT2D eigenvalue weighted by atomic mass is 35.5. The van der Waals surface area contributed by atoms with Gasteiger partial charge in [0.25, 0.3) is 0 Å². The maximum absolute atomic E-state index is 10.2. The van der Waals surface area contributed by atoms with E-state index in [2.05, 4.69) is 0 Å². The molecule has 0 fully saturated rings. The van der Waals surface area contributed by atoms with Gasteiger partial charge in [0.1, 0.15) is 6.10 Å². The van der Waals surface area contributed by atoms with Crippen LogP contribution in [0.3, 0.4) is 0 Å². The Morgan fingerprint density at radius 2 is 1.53 bits per heavy atom. The molecule has 0 amide bonds. The first-order valence-electron chi connectivity index (χ1n) is 5.06. The largest absolute Gasteiger partial charge is 0.398 e. The third kappa shape index (κ3) is 2.72. The molecule has 2 rings (SSSR count). The number of aliphatic hydroxyl groups is 1. The summed E-state index contributed by atoms with van der Waals surface area (Å²) in [6, 6.07) is 12.1. The summed E-state index contributed by atoms with van der Waals surface area (Å²) in [5, 5.41) is 11.3. The Balaban J connectivity index is 2.33. The maximum Gasteiger partial charge on any atom is 0.104 e. The van der Waals surface area contributed by atoms with Gasteiger partial charge in [-0.1, -0.05) is 41.4 Å². The molecule has 0 saturated carbocycles. The van der Waals surface area contributed by atoms with E-state index in [1.165, 1.54) is 0 Å². The van der Waals surface area contributed by atoms with Gasteiger partial charge in [0.05, 0.1) is 10.7 Å². The molecule has 0 aromatic heterocycles. The van der Waals surface area contributed by atoms with E-state index >= 15 is 0 Å². The fourth-order valence-electron chi connectivity index (χ4n) is 1.57. The number of hydrogen-bond donors (Lipinski definition) is 2. The molecule has 2 aromatic rings. The van der Waals surface area contributed by atoms with Crippen LogP contribution < -0.4 is 5.73 Å². The number of benzene rings is 2. The van der Waals surface area contributed by atoms with Gasteiger partial charge in [-0.25, -0.2) is 0 Å². The molecular formula is C13H11Cl2NO. The second-order valence-electron chi connectivity index (χ2n) is 3.74. The van der Waals surface area contributed by atoms with E-state index in [1.54, 1.807) is 42.5 Å². The molecule has 1 atom stereocenters. The number of halogens is 2. The number of nitrogen functional groups attached to an aromatic ring is 1. The summed E-state index contributed by atoms with van der Waals surface area (Å²) >= 11 is 11.6. The molecular weight excluding hydrogens is 257 g/mol. The number of nitrogens with two attached hydrogens (primary N) is 1. The number of rotatable bonds is 2. The van der Waals surface area contributed by atoms with Gasteiger partial charge in [0, 0.05) is 5.02 Å². The Hall–Kier alpha value is -1.22. The van der Waals surface area contributed by atoms with Crippen molar-refractivity contribution in [3.63, 3.8) is 0 Å². The van der Waals surface area contributed by atoms with E-state index < -0.39 is 6.10 Å². The molecule has 0 aliphatic heterocycles. The van der Waals surface area contributed by atoms with E-state index in [4.69, 9.17) is 28.9 Å². The molecule has 0 heterocycles. The highest BCUT2D eigenvalue weighted by molar-refractivity contribution is 6.33. The Kier molecular flexibility index (Phi) is 3.57. The molecule has 2 aromatic carbocycles. The van der Waals surface area contributed by atoms with Crippen molar-refractivity contribution in [2.24, 2.45) is 0 Å². The van der Waals surface area contributed by atoms with Crippen molar-refractivity contribution in [1.82, 2.24) is 0 Å². The van der Waals surface area contributed by atoms with Gasteiger partial charge in [-0.05, 0) is 35.4 Å². The third-order valence-electron chi connectivity index (χ3n) is 2.52. The van der Waals surface area contributed by atoms with Crippen molar-refractivity contribution in [1.29, 1.82) is 0 Å². The summed E-state index contributed by atoms with van der Waals surface area (Å²) in [7, 11) is 0. The van der Waals surface area contributed by atoms with Gasteiger partial charge in [-0.3, -0.25) is 0 Å². The molecule has 17 heavy (non-hydrogen) atoms. The topological polar surface area (TPSA) is 46.2 Å². The van der Waals surface area contributed by atoms with Crippen LogP contribution in [0.15, 0.2) is 42.5 Å². The number of anilines is 1. The second-order valence-corrected chi connectivity index (χ2v) is 4.58. The van der Waals surface area contributed by atoms with Gasteiger partial charge < -0.3 is 10.8 Å². The molecule has 2 nitrogen and oxygen atoms in total. The summed E-state index contributed by atoms with van der Waals surface area (Å²) in [6.45, 7) is 0. The first-order valence-corrected chi connectivity index (χ1v) is 5.82. The fourth-order valence-corrected chi connectivity index (χ4v) is 1.81. The van der Waals surface area contributed by atoms with Crippen molar-refractivity contribution >= 4 is 28.9 Å². The predicted molar refractivity (Wildman–Crippen MR) is 71.4 cm³/mol. The smallest absolute Gasteiger partial charge is 0.104 e. The fraction of sp³-hybridized carbons (Fsp3) is 0.0769. The van der Waals surface area contributed by atoms with Crippen molar-refractivity contribution < 1.29 is 5.11 Å². The van der Waals surface area contributed by atoms with Crippen molar-refractivity contribution in [3.05, 3.63) is 63.6 Å². The number of hydrogen-bond acceptors (Lipinski definition) is 2. The molecule has 4 heteroatoms. The van der Waals surface area contributed by atoms with Crippen LogP contribution in [0.5, 0.6) is 0 Å². The predicted octanol–water partition coefficient (Wildman–Crippen LogP) is 3.66. The monoisotopic (exact) mass is 267 g/mol. The zero-order chi connectivity index (χ0) is 12.4. The van der Waals surface area contributed by atoms with Crippen molar-refractivity contribution in [3.8, 4) is 0 Å². The molecule has 0 aliphatic carbocycles. The average Bonchev–Trinajstić information content (AvgIpc) is 2.33. The normalized spacial score (nSPS) is 12.4. The molecule has 3 N–H and O–H groups in total. The minimum atomic E-state index is -0.730. The molecule has 0 spiro atoms. The van der Waals surface area contributed by atoms with Gasteiger partial charge in [-0.2, -0.15) is 0 Å². The summed E-state index contributed by atoms with van der Waals surface area (Å²) in [5.41, 5.74) is 7.62. The lowest BCUT2D eigenvalue weighted by molar-refractivity contribution is 0.220. The molecule has 0 saturated heterocycles. The van der Waals surface area contributed by atoms with Crippen LogP contribution in [0.4, 0.5) is 5.69 Å². The van der Waals surface area contributed by atoms with Crippen LogP contribution in [0.1, 0.15) is 17.2 Å². The summed E-state index contributed by atoms with van der Waals surface area (Å²) < 4.78 is 0. The lowest BCUT2D eigenvalue weighted by Gasteiger charge is -2.12. The highest BCUT2D eigenvalue weighted by Gasteiger charge is 2.11. The lowest BCUT2D eigenvalue weighted by Crippen LogP contribution is -2.00. The summed E-state index contributed by atoms with van der Waals surface area (Å²) in [4.78, 5) is 0. The van der Waals surface area contributed by atoms with Crippen LogP contribution in [0, 0.1) is 0 Å². The first kappa shape index (κ1) is 12.2. The Morgan fingerprint density at radius 1 is 0.941 bits per heavy atom. The van der Waals surface area contributed by atoms with Gasteiger partial charge in [-0.15, -0.1) is 0 Å². The first-order chi connectivity index (χ1) is 8.08. The Labute approximate surface area is 110 Å². The van der Waals surface area contributed by atoms with E-state index in [9.17, 15) is 5.11 Å². The molecule has 0 bridgehead atoms. The molecule has 88 valence electrons. The van der Waals surface area contributed by atoms with Gasteiger partial charge in [0.2, 0.25) is 0 Å². The molecule has 0 aliphatic rings. The van der Waals surface area contributed by atoms with Crippen LogP contribution in [-0.4, -0.2) is 5.11 Å². The third-order valence-corrected chi connectivity index (χ3v) is 3.12. The van der Waals surface area contributed by atoms with E-state index in [-0.39, 0.29) is 0 Å². The Morgan fingerprint density at radius 3 is 2.12 bits per heavy atom. The number of aliphatic hydroxyl groups excluding tert-OH is 1. The van der Waals surface area contributed by atoms with Gasteiger partial charge in [0.15, 0.2) is 0 Å². The minimum absolute atomic E-state index is 0.456. The Bertz CT molecular complexity index is 525. The van der Waals surface area contributed by atoms with Crippen LogP contribution in [0.25, 0.3) is 0 Å². The quantitative estimate of drug-likeness (QED) is 0.816. The van der Waals surface area contributed by atoms with Crippen molar-refractivity contribution in [2.45, 2.75) is 6.10 Å².